The summed E-state index contributed by atoms with van der Waals surface area (Å²) in [6, 6.07) is 7.95. The molecule has 1 aromatic heterocycles. The molecule has 16 heavy (non-hydrogen) atoms. The molecule has 0 unspecified atom stereocenters. The Bertz CT molecular complexity index is 461. The average Bonchev–Trinajstić information content (AvgIpc) is 2.65. The Morgan fingerprint density at radius 1 is 1.31 bits per heavy atom. The van der Waals surface area contributed by atoms with E-state index in [1.165, 1.54) is 0 Å². The van der Waals surface area contributed by atoms with Crippen LogP contribution >= 0.6 is 0 Å². The van der Waals surface area contributed by atoms with Crippen molar-refractivity contribution >= 4 is 0 Å². The van der Waals surface area contributed by atoms with Gasteiger partial charge >= 0.3 is 6.01 Å². The highest BCUT2D eigenvalue weighted by Crippen LogP contribution is 2.19. The Kier molecular flexibility index (Phi) is 2.87. The van der Waals surface area contributed by atoms with Crippen molar-refractivity contribution in [3.63, 3.8) is 0 Å². The van der Waals surface area contributed by atoms with Crippen LogP contribution in [0.4, 0.5) is 0 Å². The van der Waals surface area contributed by atoms with Gasteiger partial charge in [-0.2, -0.15) is 4.98 Å². The van der Waals surface area contributed by atoms with Crippen LogP contribution < -0.4 is 10.5 Å². The van der Waals surface area contributed by atoms with Crippen LogP contribution in [-0.2, 0) is 7.05 Å². The summed E-state index contributed by atoms with van der Waals surface area (Å²) >= 11 is 0. The highest BCUT2D eigenvalue weighted by molar-refractivity contribution is 5.30. The molecule has 0 spiro atoms. The highest BCUT2D eigenvalue weighted by atomic mass is 16.5. The van der Waals surface area contributed by atoms with Gasteiger partial charge in [-0.3, -0.25) is 4.68 Å². The van der Waals surface area contributed by atoms with E-state index in [9.17, 15) is 0 Å². The monoisotopic (exact) mass is 218 g/mol. The number of hydrogen-bond donors (Lipinski definition) is 1. The van der Waals surface area contributed by atoms with Gasteiger partial charge < -0.3 is 10.5 Å². The van der Waals surface area contributed by atoms with Crippen molar-refractivity contribution in [1.29, 1.82) is 0 Å². The van der Waals surface area contributed by atoms with Gasteiger partial charge in [-0.1, -0.05) is 12.1 Å². The molecule has 2 aromatic rings. The van der Waals surface area contributed by atoms with E-state index in [2.05, 4.69) is 10.1 Å². The van der Waals surface area contributed by atoms with E-state index in [-0.39, 0.29) is 6.04 Å². The fourth-order valence-electron chi connectivity index (χ4n) is 1.31. The van der Waals surface area contributed by atoms with Crippen molar-refractivity contribution in [1.82, 2.24) is 14.8 Å². The number of rotatable bonds is 3. The summed E-state index contributed by atoms with van der Waals surface area (Å²) < 4.78 is 7.04. The molecule has 1 heterocycles. The van der Waals surface area contributed by atoms with Gasteiger partial charge in [0.1, 0.15) is 12.1 Å². The maximum absolute atomic E-state index is 5.75. The quantitative estimate of drug-likeness (QED) is 0.850. The van der Waals surface area contributed by atoms with Gasteiger partial charge in [0.2, 0.25) is 0 Å². The number of nitrogens with two attached hydrogens (primary N) is 1. The Labute approximate surface area is 93.9 Å². The molecule has 84 valence electrons. The minimum absolute atomic E-state index is 0.0297. The van der Waals surface area contributed by atoms with Gasteiger partial charge in [0.25, 0.3) is 0 Å². The Hall–Kier alpha value is -1.88. The van der Waals surface area contributed by atoms with Crippen molar-refractivity contribution in [2.45, 2.75) is 13.0 Å². The van der Waals surface area contributed by atoms with Crippen molar-refractivity contribution in [3.05, 3.63) is 36.2 Å². The lowest BCUT2D eigenvalue weighted by Crippen LogP contribution is -2.04. The summed E-state index contributed by atoms with van der Waals surface area (Å²) in [7, 11) is 1.79. The van der Waals surface area contributed by atoms with Crippen molar-refractivity contribution in [3.8, 4) is 11.8 Å². The number of aromatic nitrogens is 3. The van der Waals surface area contributed by atoms with E-state index < -0.39 is 0 Å². The van der Waals surface area contributed by atoms with Gasteiger partial charge in [-0.15, -0.1) is 5.10 Å². The van der Waals surface area contributed by atoms with Crippen LogP contribution in [0.5, 0.6) is 11.8 Å². The minimum Gasteiger partial charge on any atom is -0.423 e. The van der Waals surface area contributed by atoms with Crippen molar-refractivity contribution in [2.24, 2.45) is 12.8 Å². The van der Waals surface area contributed by atoms with E-state index in [1.54, 1.807) is 18.1 Å². The van der Waals surface area contributed by atoms with Crippen LogP contribution in [0.3, 0.4) is 0 Å². The molecule has 0 saturated carbocycles. The maximum atomic E-state index is 5.75. The lowest BCUT2D eigenvalue weighted by atomic mass is 10.1. The third kappa shape index (κ3) is 2.38. The van der Waals surface area contributed by atoms with E-state index >= 15 is 0 Å². The van der Waals surface area contributed by atoms with Crippen LogP contribution in [0.2, 0.25) is 0 Å². The van der Waals surface area contributed by atoms with Crippen molar-refractivity contribution in [2.75, 3.05) is 0 Å². The molecular formula is C11H14N4O. The first-order valence-corrected chi connectivity index (χ1v) is 5.04. The number of aryl methyl sites for hydroxylation is 1. The Balaban J connectivity index is 2.11. The lowest BCUT2D eigenvalue weighted by Gasteiger charge is -2.06. The summed E-state index contributed by atoms with van der Waals surface area (Å²) in [6.07, 6.45) is 1.59. The van der Waals surface area contributed by atoms with Crippen LogP contribution in [0, 0.1) is 0 Å². The molecule has 1 aromatic carbocycles. The molecule has 0 radical (unpaired) electrons. The zero-order valence-electron chi connectivity index (χ0n) is 9.29. The van der Waals surface area contributed by atoms with Gasteiger partial charge in [-0.05, 0) is 24.6 Å². The number of nitrogens with zero attached hydrogens (tertiary/aromatic N) is 3. The largest absolute Gasteiger partial charge is 0.423 e. The molecule has 0 aliphatic heterocycles. The van der Waals surface area contributed by atoms with E-state index in [0.717, 1.165) is 5.56 Å². The molecule has 2 rings (SSSR count). The number of hydrogen-bond acceptors (Lipinski definition) is 4. The molecular weight excluding hydrogens is 204 g/mol. The predicted octanol–water partition coefficient (Wildman–Crippen LogP) is 1.63. The first kappa shape index (κ1) is 10.6. The highest BCUT2D eigenvalue weighted by Gasteiger charge is 2.03. The Morgan fingerprint density at radius 3 is 2.50 bits per heavy atom. The topological polar surface area (TPSA) is 66.0 Å². The standard InChI is InChI=1S/C11H14N4O/c1-8(12)9-3-5-10(6-4-9)16-11-13-7-15(2)14-11/h3-8H,12H2,1-2H3/t8-/m0/s1. The minimum atomic E-state index is 0.0297. The smallest absolute Gasteiger partial charge is 0.340 e. The molecule has 0 aliphatic carbocycles. The first-order chi connectivity index (χ1) is 7.65. The van der Waals surface area contributed by atoms with E-state index in [1.807, 2.05) is 31.2 Å². The average molecular weight is 218 g/mol. The second-order valence-electron chi connectivity index (χ2n) is 3.66. The SMILES string of the molecule is C[C@H](N)c1ccc(Oc2ncn(C)n2)cc1. The van der Waals surface area contributed by atoms with Crippen LogP contribution in [0.1, 0.15) is 18.5 Å². The molecule has 5 heteroatoms. The fourth-order valence-corrected chi connectivity index (χ4v) is 1.31. The molecule has 1 atom stereocenters. The van der Waals surface area contributed by atoms with Crippen LogP contribution in [0.15, 0.2) is 30.6 Å². The molecule has 2 N–H and O–H groups in total. The van der Waals surface area contributed by atoms with Crippen LogP contribution in [0.25, 0.3) is 0 Å². The normalized spacial score (nSPS) is 12.4. The summed E-state index contributed by atoms with van der Waals surface area (Å²) in [6.45, 7) is 1.94. The molecule has 0 fully saturated rings. The zero-order valence-corrected chi connectivity index (χ0v) is 9.29. The van der Waals surface area contributed by atoms with Gasteiger partial charge in [0, 0.05) is 13.1 Å². The molecule has 0 bridgehead atoms. The van der Waals surface area contributed by atoms with Gasteiger partial charge in [0.05, 0.1) is 0 Å². The molecule has 0 amide bonds. The fraction of sp³-hybridized carbons (Fsp3) is 0.273. The number of benzene rings is 1. The number of ether oxygens (including phenoxy) is 1. The second kappa shape index (κ2) is 4.32. The maximum Gasteiger partial charge on any atom is 0.340 e. The second-order valence-corrected chi connectivity index (χ2v) is 3.66. The van der Waals surface area contributed by atoms with E-state index in [4.69, 9.17) is 10.5 Å². The first-order valence-electron chi connectivity index (χ1n) is 5.04. The van der Waals surface area contributed by atoms with Gasteiger partial charge in [0.15, 0.2) is 0 Å². The zero-order chi connectivity index (χ0) is 11.5. The van der Waals surface area contributed by atoms with Gasteiger partial charge in [-0.25, -0.2) is 0 Å². The van der Waals surface area contributed by atoms with Crippen molar-refractivity contribution < 1.29 is 4.74 Å². The predicted molar refractivity (Wildman–Crippen MR) is 60.1 cm³/mol. The molecule has 5 nitrogen and oxygen atoms in total. The summed E-state index contributed by atoms with van der Waals surface area (Å²) in [4.78, 5) is 3.97. The van der Waals surface area contributed by atoms with Crippen LogP contribution in [-0.4, -0.2) is 14.8 Å². The third-order valence-corrected chi connectivity index (χ3v) is 2.19. The third-order valence-electron chi connectivity index (χ3n) is 2.19. The molecule has 0 saturated heterocycles. The lowest BCUT2D eigenvalue weighted by molar-refractivity contribution is 0.438. The Morgan fingerprint density at radius 2 is 2.00 bits per heavy atom. The summed E-state index contributed by atoms with van der Waals surface area (Å²) in [5.74, 6) is 0.704. The van der Waals surface area contributed by atoms with E-state index in [0.29, 0.717) is 11.8 Å². The summed E-state index contributed by atoms with van der Waals surface area (Å²) in [5, 5.41) is 4.02. The molecule has 0 aliphatic rings. The summed E-state index contributed by atoms with van der Waals surface area (Å²) in [5.41, 5.74) is 6.82.